The third-order valence-electron chi connectivity index (χ3n) is 2.58. The van der Waals surface area contributed by atoms with Crippen LogP contribution in [0.15, 0.2) is 24.3 Å². The van der Waals surface area contributed by atoms with E-state index in [4.69, 9.17) is 10.5 Å². The fraction of sp³-hybridized carbons (Fsp3) is 0.538. The van der Waals surface area contributed by atoms with Crippen LogP contribution in [-0.4, -0.2) is 38.7 Å². The summed E-state index contributed by atoms with van der Waals surface area (Å²) in [5.74, 6) is 0.900. The van der Waals surface area contributed by atoms with Crippen molar-refractivity contribution in [2.24, 2.45) is 5.73 Å². The number of nitrogens with zero attached hydrogens (tertiary/aromatic N) is 1. The van der Waals surface area contributed by atoms with Crippen LogP contribution in [0.4, 0.5) is 0 Å². The van der Waals surface area contributed by atoms with Gasteiger partial charge in [-0.1, -0.05) is 12.1 Å². The number of nitrogens with two attached hydrogens (primary N) is 1. The highest BCUT2D eigenvalue weighted by Crippen LogP contribution is 2.14. The topological polar surface area (TPSA) is 38.5 Å². The quantitative estimate of drug-likeness (QED) is 0.793. The summed E-state index contributed by atoms with van der Waals surface area (Å²) in [4.78, 5) is 2.16. The van der Waals surface area contributed by atoms with Crippen LogP contribution in [0.25, 0.3) is 0 Å². The lowest BCUT2D eigenvalue weighted by Gasteiger charge is -2.15. The average molecular weight is 222 g/mol. The molecule has 0 radical (unpaired) electrons. The van der Waals surface area contributed by atoms with Gasteiger partial charge in [0.05, 0.1) is 7.11 Å². The molecule has 1 aromatic carbocycles. The van der Waals surface area contributed by atoms with Gasteiger partial charge >= 0.3 is 0 Å². The summed E-state index contributed by atoms with van der Waals surface area (Å²) in [6.45, 7) is 1.03. The molecule has 2 N–H and O–H groups in total. The van der Waals surface area contributed by atoms with Crippen molar-refractivity contribution < 1.29 is 4.74 Å². The number of hydrogen-bond acceptors (Lipinski definition) is 3. The van der Waals surface area contributed by atoms with Crippen molar-refractivity contribution in [2.45, 2.75) is 18.9 Å². The second-order valence-corrected chi connectivity index (χ2v) is 4.41. The van der Waals surface area contributed by atoms with E-state index in [-0.39, 0.29) is 6.04 Å². The second kappa shape index (κ2) is 6.51. The molecule has 90 valence electrons. The predicted molar refractivity (Wildman–Crippen MR) is 67.8 cm³/mol. The summed E-state index contributed by atoms with van der Waals surface area (Å²) in [5, 5.41) is 0. The number of methoxy groups -OCH3 is 1. The Balaban J connectivity index is 2.45. The van der Waals surface area contributed by atoms with E-state index in [1.165, 1.54) is 5.56 Å². The smallest absolute Gasteiger partial charge is 0.119 e. The first kappa shape index (κ1) is 13.0. The Morgan fingerprint density at radius 3 is 2.75 bits per heavy atom. The minimum Gasteiger partial charge on any atom is -0.497 e. The maximum Gasteiger partial charge on any atom is 0.119 e. The van der Waals surface area contributed by atoms with Crippen molar-refractivity contribution in [1.82, 2.24) is 4.90 Å². The third-order valence-corrected chi connectivity index (χ3v) is 2.58. The van der Waals surface area contributed by atoms with Crippen LogP contribution in [0.1, 0.15) is 12.0 Å². The van der Waals surface area contributed by atoms with Gasteiger partial charge in [-0.15, -0.1) is 0 Å². The van der Waals surface area contributed by atoms with Gasteiger partial charge in [0.15, 0.2) is 0 Å². The Hall–Kier alpha value is -1.06. The average Bonchev–Trinajstić information content (AvgIpc) is 2.26. The Bertz CT molecular complexity index is 313. The highest BCUT2D eigenvalue weighted by atomic mass is 16.5. The molecule has 0 spiro atoms. The summed E-state index contributed by atoms with van der Waals surface area (Å²) in [6, 6.07) is 8.32. The molecule has 0 saturated carbocycles. The van der Waals surface area contributed by atoms with E-state index < -0.39 is 0 Å². The summed E-state index contributed by atoms with van der Waals surface area (Å²) in [7, 11) is 5.82. The lowest BCUT2D eigenvalue weighted by molar-refractivity contribution is 0.379. The van der Waals surface area contributed by atoms with Crippen molar-refractivity contribution >= 4 is 0 Å². The van der Waals surface area contributed by atoms with E-state index >= 15 is 0 Å². The van der Waals surface area contributed by atoms with E-state index in [9.17, 15) is 0 Å². The molecule has 0 aliphatic heterocycles. The molecule has 3 nitrogen and oxygen atoms in total. The molecule has 0 aliphatic rings. The van der Waals surface area contributed by atoms with Crippen LogP contribution >= 0.6 is 0 Å². The van der Waals surface area contributed by atoms with Crippen LogP contribution in [0.2, 0.25) is 0 Å². The molecule has 1 unspecified atom stereocenters. The Morgan fingerprint density at radius 2 is 2.12 bits per heavy atom. The minimum atomic E-state index is 0.217. The summed E-state index contributed by atoms with van der Waals surface area (Å²) in [5.41, 5.74) is 7.32. The fourth-order valence-electron chi connectivity index (χ4n) is 1.63. The number of benzene rings is 1. The van der Waals surface area contributed by atoms with Crippen LogP contribution in [-0.2, 0) is 6.42 Å². The molecule has 0 aromatic heterocycles. The van der Waals surface area contributed by atoms with Crippen molar-refractivity contribution in [1.29, 1.82) is 0 Å². The molecule has 0 bridgehead atoms. The molecule has 0 fully saturated rings. The molecule has 0 saturated heterocycles. The Kier molecular flexibility index (Phi) is 5.29. The van der Waals surface area contributed by atoms with E-state index in [0.29, 0.717) is 0 Å². The summed E-state index contributed by atoms with van der Waals surface area (Å²) in [6.07, 6.45) is 1.93. The van der Waals surface area contributed by atoms with Gasteiger partial charge in [0.1, 0.15) is 5.75 Å². The van der Waals surface area contributed by atoms with Gasteiger partial charge in [0, 0.05) is 6.04 Å². The maximum absolute atomic E-state index is 6.08. The van der Waals surface area contributed by atoms with Gasteiger partial charge in [-0.3, -0.25) is 0 Å². The third kappa shape index (κ3) is 4.64. The molecule has 3 heteroatoms. The van der Waals surface area contributed by atoms with Crippen LogP contribution in [0.5, 0.6) is 5.75 Å². The fourth-order valence-corrected chi connectivity index (χ4v) is 1.63. The summed E-state index contributed by atoms with van der Waals surface area (Å²) >= 11 is 0. The standard InChI is InChI=1S/C13H22N2O/c1-15(2)8-7-12(14)9-11-5-4-6-13(10-11)16-3/h4-6,10,12H,7-9,14H2,1-3H3. The first-order valence-corrected chi connectivity index (χ1v) is 5.65. The zero-order valence-corrected chi connectivity index (χ0v) is 10.4. The van der Waals surface area contributed by atoms with Crippen LogP contribution < -0.4 is 10.5 Å². The SMILES string of the molecule is COc1cccc(CC(N)CCN(C)C)c1. The molecule has 1 rings (SSSR count). The van der Waals surface area contributed by atoms with Crippen molar-refractivity contribution in [2.75, 3.05) is 27.7 Å². The van der Waals surface area contributed by atoms with Crippen LogP contribution in [0.3, 0.4) is 0 Å². The highest BCUT2D eigenvalue weighted by molar-refractivity contribution is 5.28. The Morgan fingerprint density at radius 1 is 1.38 bits per heavy atom. The highest BCUT2D eigenvalue weighted by Gasteiger charge is 2.05. The number of rotatable bonds is 6. The largest absolute Gasteiger partial charge is 0.497 e. The molecular formula is C13H22N2O. The first-order valence-electron chi connectivity index (χ1n) is 5.65. The molecular weight excluding hydrogens is 200 g/mol. The monoisotopic (exact) mass is 222 g/mol. The molecule has 16 heavy (non-hydrogen) atoms. The zero-order chi connectivity index (χ0) is 12.0. The van der Waals surface area contributed by atoms with E-state index in [2.05, 4.69) is 31.1 Å². The van der Waals surface area contributed by atoms with Gasteiger partial charge in [0.2, 0.25) is 0 Å². The van der Waals surface area contributed by atoms with E-state index in [1.54, 1.807) is 7.11 Å². The molecule has 1 aromatic rings. The lowest BCUT2D eigenvalue weighted by Crippen LogP contribution is -2.28. The van der Waals surface area contributed by atoms with Gasteiger partial charge in [-0.2, -0.15) is 0 Å². The molecule has 0 heterocycles. The first-order chi connectivity index (χ1) is 7.61. The summed E-state index contributed by atoms with van der Waals surface area (Å²) < 4.78 is 5.19. The van der Waals surface area contributed by atoms with Crippen LogP contribution in [0, 0.1) is 0 Å². The van der Waals surface area contributed by atoms with Crippen molar-refractivity contribution in [3.05, 3.63) is 29.8 Å². The predicted octanol–water partition coefficient (Wildman–Crippen LogP) is 1.52. The number of hydrogen-bond donors (Lipinski definition) is 1. The van der Waals surface area contributed by atoms with E-state index in [1.807, 2.05) is 12.1 Å². The van der Waals surface area contributed by atoms with Gasteiger partial charge < -0.3 is 15.4 Å². The van der Waals surface area contributed by atoms with Gasteiger partial charge in [-0.05, 0) is 51.2 Å². The van der Waals surface area contributed by atoms with Gasteiger partial charge in [-0.25, -0.2) is 0 Å². The molecule has 0 amide bonds. The van der Waals surface area contributed by atoms with Gasteiger partial charge in [0.25, 0.3) is 0 Å². The normalized spacial score (nSPS) is 12.8. The lowest BCUT2D eigenvalue weighted by atomic mass is 10.0. The second-order valence-electron chi connectivity index (χ2n) is 4.41. The van der Waals surface area contributed by atoms with Crippen molar-refractivity contribution in [3.8, 4) is 5.75 Å². The minimum absolute atomic E-state index is 0.217. The van der Waals surface area contributed by atoms with Crippen molar-refractivity contribution in [3.63, 3.8) is 0 Å². The Labute approximate surface area is 98.2 Å². The van der Waals surface area contributed by atoms with E-state index in [0.717, 1.165) is 25.1 Å². The molecule has 0 aliphatic carbocycles. The zero-order valence-electron chi connectivity index (χ0n) is 10.4. The molecule has 1 atom stereocenters. The maximum atomic E-state index is 6.08. The number of ether oxygens (including phenoxy) is 1.